The van der Waals surface area contributed by atoms with E-state index >= 15 is 0 Å². The third-order valence-electron chi connectivity index (χ3n) is 3.19. The van der Waals surface area contributed by atoms with Gasteiger partial charge in [-0.05, 0) is 54.4 Å². The Morgan fingerprint density at radius 3 is 2.75 bits per heavy atom. The first-order valence-corrected chi connectivity index (χ1v) is 10.2. The molecule has 148 valence electrons. The van der Waals surface area contributed by atoms with Crippen LogP contribution in [0.3, 0.4) is 0 Å². The molecule has 2 aromatic rings. The zero-order valence-corrected chi connectivity index (χ0v) is 17.7. The summed E-state index contributed by atoms with van der Waals surface area (Å²) in [5, 5.41) is 5.27. The first-order chi connectivity index (χ1) is 13.4. The number of thiophene rings is 1. The van der Waals surface area contributed by atoms with Crippen molar-refractivity contribution in [1.29, 1.82) is 0 Å². The van der Waals surface area contributed by atoms with Gasteiger partial charge in [-0.3, -0.25) is 25.8 Å². The van der Waals surface area contributed by atoms with Gasteiger partial charge in [0.1, 0.15) is 5.75 Å². The van der Waals surface area contributed by atoms with Crippen molar-refractivity contribution in [3.8, 4) is 5.75 Å². The number of ether oxygens (including phenoxy) is 1. The molecule has 0 aliphatic rings. The molecule has 0 bridgehead atoms. The Hall–Kier alpha value is -2.13. The summed E-state index contributed by atoms with van der Waals surface area (Å²) in [5.41, 5.74) is 4.88. The van der Waals surface area contributed by atoms with Crippen LogP contribution in [0.15, 0.2) is 41.8 Å². The lowest BCUT2D eigenvalue weighted by molar-refractivity contribution is -0.122. The van der Waals surface area contributed by atoms with Gasteiger partial charge in [0, 0.05) is 22.4 Å². The number of carbonyl (C=O) groups excluding carboxylic acids is 2. The molecule has 0 saturated carbocycles. The van der Waals surface area contributed by atoms with E-state index in [4.69, 9.17) is 40.2 Å². The Morgan fingerprint density at radius 1 is 1.21 bits per heavy atom. The van der Waals surface area contributed by atoms with Crippen molar-refractivity contribution in [3.63, 3.8) is 0 Å². The zero-order chi connectivity index (χ0) is 20.4. The Kier molecular flexibility index (Phi) is 9.22. The minimum atomic E-state index is -0.395. The molecule has 0 atom stereocenters. The van der Waals surface area contributed by atoms with E-state index in [0.717, 1.165) is 4.88 Å². The Labute approximate surface area is 181 Å². The van der Waals surface area contributed by atoms with Crippen LogP contribution in [0, 0.1) is 0 Å². The molecular formula is C18H17Cl2N3O3S2. The second-order valence-electron chi connectivity index (χ2n) is 5.37. The summed E-state index contributed by atoms with van der Waals surface area (Å²) in [6.07, 6.45) is 3.71. The van der Waals surface area contributed by atoms with E-state index in [0.29, 0.717) is 28.8 Å². The van der Waals surface area contributed by atoms with Crippen LogP contribution in [-0.4, -0.2) is 23.5 Å². The lowest BCUT2D eigenvalue weighted by atomic mass is 10.3. The number of hydrogen-bond acceptors (Lipinski definition) is 5. The van der Waals surface area contributed by atoms with Crippen LogP contribution in [0.5, 0.6) is 5.75 Å². The van der Waals surface area contributed by atoms with E-state index in [9.17, 15) is 9.59 Å². The highest BCUT2D eigenvalue weighted by atomic mass is 35.5. The molecule has 0 fully saturated rings. The number of benzene rings is 1. The summed E-state index contributed by atoms with van der Waals surface area (Å²) in [6, 6.07) is 8.69. The standard InChI is InChI=1S/C18H17Cl2N3O3S2/c19-12-5-7-15(14(20)11-12)26-9-1-4-17(25)22-23-18(27)21-16(24)8-6-13-3-2-10-28-13/h2-3,5-8,10-11H,1,4,9H2,(H,22,25)(H2,21,23,24,27). The molecule has 0 spiro atoms. The second-order valence-corrected chi connectivity index (χ2v) is 7.60. The molecular weight excluding hydrogens is 441 g/mol. The van der Waals surface area contributed by atoms with Crippen LogP contribution < -0.4 is 20.9 Å². The van der Waals surface area contributed by atoms with E-state index in [1.165, 1.54) is 17.4 Å². The number of amides is 2. The predicted octanol–water partition coefficient (Wildman–Crippen LogP) is 3.95. The Morgan fingerprint density at radius 2 is 2.04 bits per heavy atom. The molecule has 2 rings (SSSR count). The average Bonchev–Trinajstić information content (AvgIpc) is 3.17. The smallest absolute Gasteiger partial charge is 0.250 e. The number of nitrogens with one attached hydrogen (secondary N) is 3. The van der Waals surface area contributed by atoms with Gasteiger partial charge in [0.2, 0.25) is 11.8 Å². The Balaban J connectivity index is 1.59. The molecule has 0 saturated heterocycles. The van der Waals surface area contributed by atoms with Crippen LogP contribution in [0.1, 0.15) is 17.7 Å². The van der Waals surface area contributed by atoms with E-state index in [-0.39, 0.29) is 17.4 Å². The molecule has 2 amide bonds. The van der Waals surface area contributed by atoms with Crippen LogP contribution >= 0.6 is 46.8 Å². The number of halogens is 2. The van der Waals surface area contributed by atoms with Crippen molar-refractivity contribution in [2.75, 3.05) is 6.61 Å². The van der Waals surface area contributed by atoms with Gasteiger partial charge in [0.05, 0.1) is 11.6 Å². The molecule has 10 heteroatoms. The largest absolute Gasteiger partial charge is 0.492 e. The molecule has 28 heavy (non-hydrogen) atoms. The van der Waals surface area contributed by atoms with Crippen molar-refractivity contribution in [2.45, 2.75) is 12.8 Å². The normalized spacial score (nSPS) is 10.5. The first kappa shape index (κ1) is 22.2. The molecule has 0 radical (unpaired) electrons. The monoisotopic (exact) mass is 457 g/mol. The van der Waals surface area contributed by atoms with Gasteiger partial charge in [-0.25, -0.2) is 0 Å². The molecule has 3 N–H and O–H groups in total. The number of hydrogen-bond donors (Lipinski definition) is 3. The van der Waals surface area contributed by atoms with Crippen LogP contribution in [0.25, 0.3) is 6.08 Å². The number of thiocarbonyl (C=S) groups is 1. The second kappa shape index (κ2) is 11.7. The number of carbonyl (C=O) groups is 2. The van der Waals surface area contributed by atoms with Crippen LogP contribution in [-0.2, 0) is 9.59 Å². The predicted molar refractivity (Wildman–Crippen MR) is 117 cm³/mol. The van der Waals surface area contributed by atoms with Gasteiger partial charge in [-0.1, -0.05) is 29.3 Å². The fraction of sp³-hybridized carbons (Fsp3) is 0.167. The van der Waals surface area contributed by atoms with Gasteiger partial charge in [0.25, 0.3) is 0 Å². The van der Waals surface area contributed by atoms with E-state index in [1.54, 1.807) is 24.3 Å². The Bertz CT molecular complexity index is 858. The summed E-state index contributed by atoms with van der Waals surface area (Å²) < 4.78 is 5.50. The molecule has 1 aromatic carbocycles. The lowest BCUT2D eigenvalue weighted by Gasteiger charge is -2.10. The van der Waals surface area contributed by atoms with Crippen LogP contribution in [0.2, 0.25) is 10.0 Å². The fourth-order valence-electron chi connectivity index (χ4n) is 1.92. The maximum Gasteiger partial charge on any atom is 0.250 e. The molecule has 0 aliphatic carbocycles. The summed E-state index contributed by atoms with van der Waals surface area (Å²) in [7, 11) is 0. The number of hydrazine groups is 1. The maximum atomic E-state index is 11.8. The highest BCUT2D eigenvalue weighted by Gasteiger charge is 2.06. The van der Waals surface area contributed by atoms with Crippen molar-refractivity contribution < 1.29 is 14.3 Å². The van der Waals surface area contributed by atoms with Gasteiger partial charge in [-0.15, -0.1) is 11.3 Å². The van der Waals surface area contributed by atoms with E-state index in [2.05, 4.69) is 16.2 Å². The number of rotatable bonds is 7. The fourth-order valence-corrected chi connectivity index (χ4v) is 3.16. The minimum Gasteiger partial charge on any atom is -0.492 e. The molecule has 1 heterocycles. The highest BCUT2D eigenvalue weighted by Crippen LogP contribution is 2.27. The van der Waals surface area contributed by atoms with Gasteiger partial charge < -0.3 is 4.74 Å². The lowest BCUT2D eigenvalue weighted by Crippen LogP contribution is -2.48. The summed E-state index contributed by atoms with van der Waals surface area (Å²) in [5.74, 6) is -0.186. The van der Waals surface area contributed by atoms with Crippen molar-refractivity contribution in [2.24, 2.45) is 0 Å². The van der Waals surface area contributed by atoms with Crippen LogP contribution in [0.4, 0.5) is 0 Å². The van der Waals surface area contributed by atoms with Crippen molar-refractivity contribution in [1.82, 2.24) is 16.2 Å². The molecule has 0 unspecified atom stereocenters. The summed E-state index contributed by atoms with van der Waals surface area (Å²) >= 11 is 18.3. The summed E-state index contributed by atoms with van der Waals surface area (Å²) in [6.45, 7) is 0.309. The van der Waals surface area contributed by atoms with Crippen molar-refractivity contribution >= 4 is 69.8 Å². The summed E-state index contributed by atoms with van der Waals surface area (Å²) in [4.78, 5) is 24.4. The van der Waals surface area contributed by atoms with E-state index in [1.807, 2.05) is 17.5 Å². The molecule has 0 aliphatic heterocycles. The minimum absolute atomic E-state index is 0.00150. The first-order valence-electron chi connectivity index (χ1n) is 8.13. The van der Waals surface area contributed by atoms with Gasteiger partial charge >= 0.3 is 0 Å². The van der Waals surface area contributed by atoms with Crippen molar-refractivity contribution in [3.05, 3.63) is 56.7 Å². The van der Waals surface area contributed by atoms with E-state index < -0.39 is 5.91 Å². The molecule has 6 nitrogen and oxygen atoms in total. The quantitative estimate of drug-likeness (QED) is 0.254. The average molecular weight is 458 g/mol. The third-order valence-corrected chi connectivity index (χ3v) is 4.77. The topological polar surface area (TPSA) is 79.5 Å². The third kappa shape index (κ3) is 8.26. The maximum absolute atomic E-state index is 11.8. The molecule has 1 aromatic heterocycles. The zero-order valence-electron chi connectivity index (χ0n) is 14.5. The SMILES string of the molecule is O=C(C=Cc1cccs1)NC(=S)NNC(=O)CCCOc1ccc(Cl)cc1Cl. The van der Waals surface area contributed by atoms with Gasteiger partial charge in [-0.2, -0.15) is 0 Å². The van der Waals surface area contributed by atoms with Gasteiger partial charge in [0.15, 0.2) is 5.11 Å². The highest BCUT2D eigenvalue weighted by molar-refractivity contribution is 7.80.